The second kappa shape index (κ2) is 11.4. The number of aliphatic hydroxyl groups is 1. The first-order chi connectivity index (χ1) is 16.2. The fourth-order valence-electron chi connectivity index (χ4n) is 3.49. The summed E-state index contributed by atoms with van der Waals surface area (Å²) in [4.78, 5) is 0.0328. The van der Waals surface area contributed by atoms with Crippen molar-refractivity contribution in [2.24, 2.45) is 5.10 Å². The van der Waals surface area contributed by atoms with E-state index in [0.717, 1.165) is 12.7 Å². The highest BCUT2D eigenvalue weighted by Gasteiger charge is 2.31. The average molecular weight is 542 g/mol. The molecule has 1 atom stereocenters. The van der Waals surface area contributed by atoms with Crippen molar-refractivity contribution in [3.8, 4) is 0 Å². The highest BCUT2D eigenvalue weighted by Crippen LogP contribution is 2.39. The van der Waals surface area contributed by atoms with Crippen LogP contribution in [0.15, 0.2) is 76.7 Å². The summed E-state index contributed by atoms with van der Waals surface area (Å²) in [5.74, 6) is 0. The molecule has 4 rings (SSSR count). The molecule has 180 valence electrons. The number of nitrogens with one attached hydrogen (secondary N) is 1. The van der Waals surface area contributed by atoms with Gasteiger partial charge in [0.2, 0.25) is 10.0 Å². The SMILES string of the molecule is CO.Nc1ccccc1S(=O)(=O)NCC1=NN(c2ccc(Cl)cc2Cl)C(c2ccc(Cl)cc2)C1. The van der Waals surface area contributed by atoms with E-state index in [9.17, 15) is 8.42 Å². The highest BCUT2D eigenvalue weighted by atomic mass is 35.5. The molecule has 11 heteroatoms. The smallest absolute Gasteiger partial charge is 0.242 e. The first-order valence-electron chi connectivity index (χ1n) is 10.1. The van der Waals surface area contributed by atoms with Crippen molar-refractivity contribution in [3.05, 3.63) is 87.4 Å². The summed E-state index contributed by atoms with van der Waals surface area (Å²) in [6.07, 6.45) is 0.493. The van der Waals surface area contributed by atoms with E-state index in [0.29, 0.717) is 32.9 Å². The monoisotopic (exact) mass is 540 g/mol. The van der Waals surface area contributed by atoms with Gasteiger partial charge in [-0.05, 0) is 48.0 Å². The highest BCUT2D eigenvalue weighted by molar-refractivity contribution is 7.89. The van der Waals surface area contributed by atoms with Gasteiger partial charge in [-0.3, -0.25) is 5.01 Å². The Balaban J connectivity index is 0.00000158. The summed E-state index contributed by atoms with van der Waals surface area (Å²) in [5, 5.41) is 15.0. The van der Waals surface area contributed by atoms with E-state index in [4.69, 9.17) is 45.6 Å². The van der Waals surface area contributed by atoms with Crippen LogP contribution in [-0.4, -0.2) is 32.9 Å². The molecule has 7 nitrogen and oxygen atoms in total. The molecule has 3 aromatic carbocycles. The first-order valence-corrected chi connectivity index (χ1v) is 12.7. The van der Waals surface area contributed by atoms with Gasteiger partial charge in [-0.2, -0.15) is 5.10 Å². The molecule has 0 aromatic heterocycles. The van der Waals surface area contributed by atoms with Gasteiger partial charge in [0.1, 0.15) is 4.90 Å². The predicted octanol–water partition coefficient (Wildman–Crippen LogP) is 5.12. The summed E-state index contributed by atoms with van der Waals surface area (Å²) >= 11 is 18.5. The normalized spacial score (nSPS) is 15.5. The van der Waals surface area contributed by atoms with Gasteiger partial charge in [-0.15, -0.1) is 0 Å². The molecule has 0 saturated carbocycles. The predicted molar refractivity (Wildman–Crippen MR) is 139 cm³/mol. The van der Waals surface area contributed by atoms with Crippen molar-refractivity contribution in [2.45, 2.75) is 17.4 Å². The third kappa shape index (κ3) is 6.02. The summed E-state index contributed by atoms with van der Waals surface area (Å²) in [6, 6.07) is 18.7. The van der Waals surface area contributed by atoms with E-state index in [1.165, 1.54) is 6.07 Å². The Labute approximate surface area is 213 Å². The number of hydrogen-bond donors (Lipinski definition) is 3. The number of nitrogens with zero attached hydrogens (tertiary/aromatic N) is 2. The van der Waals surface area contributed by atoms with Crippen LogP contribution in [0.1, 0.15) is 18.0 Å². The molecule has 0 fully saturated rings. The van der Waals surface area contributed by atoms with Gasteiger partial charge in [-0.25, -0.2) is 13.1 Å². The Morgan fingerprint density at radius 3 is 2.32 bits per heavy atom. The molecule has 3 aromatic rings. The summed E-state index contributed by atoms with van der Waals surface area (Å²) in [7, 11) is -2.80. The molecular formula is C23H23Cl3N4O3S. The Morgan fingerprint density at radius 2 is 1.68 bits per heavy atom. The number of hydrogen-bond acceptors (Lipinski definition) is 6. The van der Waals surface area contributed by atoms with Crippen LogP contribution in [0.3, 0.4) is 0 Å². The molecule has 0 aliphatic carbocycles. The largest absolute Gasteiger partial charge is 0.400 e. The second-order valence-electron chi connectivity index (χ2n) is 7.24. The van der Waals surface area contributed by atoms with Crippen LogP contribution < -0.4 is 15.5 Å². The summed E-state index contributed by atoms with van der Waals surface area (Å²) < 4.78 is 28.1. The lowest BCUT2D eigenvalue weighted by Crippen LogP contribution is -2.29. The summed E-state index contributed by atoms with van der Waals surface area (Å²) in [6.45, 7) is 0.0302. The molecular weight excluding hydrogens is 519 g/mol. The van der Waals surface area contributed by atoms with Crippen LogP contribution in [-0.2, 0) is 10.0 Å². The molecule has 0 saturated heterocycles. The van der Waals surface area contributed by atoms with Gasteiger partial charge in [0, 0.05) is 23.6 Å². The van der Waals surface area contributed by atoms with Crippen molar-refractivity contribution >= 4 is 61.9 Å². The number of nitrogen functional groups attached to an aromatic ring is 1. The molecule has 1 aliphatic heterocycles. The van der Waals surface area contributed by atoms with Gasteiger partial charge in [0.05, 0.1) is 34.7 Å². The van der Waals surface area contributed by atoms with E-state index < -0.39 is 10.0 Å². The van der Waals surface area contributed by atoms with Crippen molar-refractivity contribution in [3.63, 3.8) is 0 Å². The number of hydrazone groups is 1. The van der Waals surface area contributed by atoms with E-state index in [1.54, 1.807) is 53.5 Å². The Hall–Kier alpha value is -2.33. The lowest BCUT2D eigenvalue weighted by atomic mass is 10.0. The van der Waals surface area contributed by atoms with Crippen molar-refractivity contribution in [2.75, 3.05) is 24.4 Å². The molecule has 0 bridgehead atoms. The minimum absolute atomic E-state index is 0.0302. The van der Waals surface area contributed by atoms with Gasteiger partial charge >= 0.3 is 0 Å². The molecule has 0 radical (unpaired) electrons. The third-order valence-electron chi connectivity index (χ3n) is 5.06. The van der Waals surface area contributed by atoms with Crippen LogP contribution in [0.2, 0.25) is 15.1 Å². The zero-order chi connectivity index (χ0) is 24.9. The van der Waals surface area contributed by atoms with Crippen LogP contribution in [0, 0.1) is 0 Å². The number of nitrogens with two attached hydrogens (primary N) is 1. The van der Waals surface area contributed by atoms with E-state index >= 15 is 0 Å². The standard InChI is InChI=1S/C22H19Cl3N4O2S.CH4O/c23-15-7-5-14(6-8-15)21-12-17(28-29(21)20-10-9-16(24)11-18(20)25)13-27-32(30,31)22-4-2-1-3-19(22)26;1-2/h1-11,21,27H,12-13,26H2;2H,1H3. The molecule has 1 aliphatic rings. The quantitative estimate of drug-likeness (QED) is 0.375. The number of sulfonamides is 1. The van der Waals surface area contributed by atoms with Crippen LogP contribution >= 0.6 is 34.8 Å². The number of anilines is 2. The molecule has 0 amide bonds. The number of para-hydroxylation sites is 1. The van der Waals surface area contributed by atoms with Crippen LogP contribution in [0.25, 0.3) is 0 Å². The molecule has 1 heterocycles. The maximum absolute atomic E-state index is 12.7. The maximum Gasteiger partial charge on any atom is 0.242 e. The Morgan fingerprint density at radius 1 is 1.03 bits per heavy atom. The van der Waals surface area contributed by atoms with E-state index in [-0.39, 0.29) is 23.2 Å². The van der Waals surface area contributed by atoms with E-state index in [1.807, 2.05) is 12.1 Å². The molecule has 1 unspecified atom stereocenters. The first kappa shape index (κ1) is 26.3. The van der Waals surface area contributed by atoms with E-state index in [2.05, 4.69) is 9.82 Å². The number of rotatable bonds is 6. The number of benzene rings is 3. The average Bonchev–Trinajstić information content (AvgIpc) is 3.24. The van der Waals surface area contributed by atoms with Crippen molar-refractivity contribution < 1.29 is 13.5 Å². The number of aliphatic hydroxyl groups excluding tert-OH is 1. The van der Waals surface area contributed by atoms with Crippen molar-refractivity contribution in [1.29, 1.82) is 0 Å². The summed E-state index contributed by atoms with van der Waals surface area (Å²) in [5.41, 5.74) is 8.30. The maximum atomic E-state index is 12.7. The fraction of sp³-hybridized carbons (Fsp3) is 0.174. The van der Waals surface area contributed by atoms with Crippen LogP contribution in [0.5, 0.6) is 0 Å². The minimum atomic E-state index is -3.80. The van der Waals surface area contributed by atoms with Gasteiger partial charge < -0.3 is 10.8 Å². The Kier molecular flexibility index (Phi) is 8.81. The zero-order valence-electron chi connectivity index (χ0n) is 18.1. The fourth-order valence-corrected chi connectivity index (χ4v) is 5.26. The minimum Gasteiger partial charge on any atom is -0.400 e. The zero-order valence-corrected chi connectivity index (χ0v) is 21.2. The number of halogens is 3. The van der Waals surface area contributed by atoms with Crippen LogP contribution in [0.4, 0.5) is 11.4 Å². The van der Waals surface area contributed by atoms with Gasteiger partial charge in [0.25, 0.3) is 0 Å². The Bertz CT molecular complexity index is 1280. The molecule has 34 heavy (non-hydrogen) atoms. The van der Waals surface area contributed by atoms with Gasteiger partial charge in [-0.1, -0.05) is 59.1 Å². The lowest BCUT2D eigenvalue weighted by molar-refractivity contribution is 0.399. The molecule has 0 spiro atoms. The topological polar surface area (TPSA) is 108 Å². The third-order valence-corrected chi connectivity index (χ3v) is 7.32. The lowest BCUT2D eigenvalue weighted by Gasteiger charge is -2.25. The van der Waals surface area contributed by atoms with Gasteiger partial charge in [0.15, 0.2) is 0 Å². The second-order valence-corrected chi connectivity index (χ2v) is 10.3. The molecule has 4 N–H and O–H groups in total. The van der Waals surface area contributed by atoms with Crippen molar-refractivity contribution in [1.82, 2.24) is 4.72 Å².